The fraction of sp³-hybridized carbons (Fsp3) is 0.812. The van der Waals surface area contributed by atoms with E-state index < -0.39 is 0 Å². The Labute approximate surface area is 117 Å². The topological polar surface area (TPSA) is 29.9 Å². The molecule has 1 aliphatic carbocycles. The van der Waals surface area contributed by atoms with Gasteiger partial charge in [-0.2, -0.15) is 5.10 Å². The van der Waals surface area contributed by atoms with Crippen LogP contribution in [0.15, 0.2) is 12.3 Å². The number of hydrogen-bond donors (Lipinski definition) is 1. The van der Waals surface area contributed by atoms with Crippen LogP contribution >= 0.6 is 0 Å². The van der Waals surface area contributed by atoms with Gasteiger partial charge in [-0.3, -0.25) is 4.68 Å². The van der Waals surface area contributed by atoms with Crippen LogP contribution in [0.3, 0.4) is 0 Å². The zero-order chi connectivity index (χ0) is 13.7. The van der Waals surface area contributed by atoms with Crippen molar-refractivity contribution in [3.8, 4) is 0 Å². The lowest BCUT2D eigenvalue weighted by molar-refractivity contribution is 0.218. The van der Waals surface area contributed by atoms with E-state index in [1.54, 1.807) is 0 Å². The highest BCUT2D eigenvalue weighted by molar-refractivity contribution is 5.11. The van der Waals surface area contributed by atoms with E-state index in [1.807, 2.05) is 6.20 Å². The molecule has 0 saturated heterocycles. The third kappa shape index (κ3) is 3.38. The van der Waals surface area contributed by atoms with Crippen LogP contribution in [0.4, 0.5) is 0 Å². The van der Waals surface area contributed by atoms with Crippen LogP contribution in [0.1, 0.15) is 58.1 Å². The molecule has 1 aromatic rings. The van der Waals surface area contributed by atoms with Crippen molar-refractivity contribution in [2.24, 2.45) is 11.8 Å². The molecule has 1 saturated carbocycles. The van der Waals surface area contributed by atoms with Crippen molar-refractivity contribution >= 4 is 0 Å². The zero-order valence-electron chi connectivity index (χ0n) is 12.7. The average Bonchev–Trinajstić information content (AvgIpc) is 2.93. The van der Waals surface area contributed by atoms with E-state index in [1.165, 1.54) is 31.4 Å². The smallest absolute Gasteiger partial charge is 0.0492 e. The second-order valence-corrected chi connectivity index (χ2v) is 5.83. The number of nitrogens with one attached hydrogen (secondary N) is 1. The second kappa shape index (κ2) is 7.09. The maximum Gasteiger partial charge on any atom is 0.0492 e. The van der Waals surface area contributed by atoms with Crippen LogP contribution in [-0.4, -0.2) is 22.9 Å². The van der Waals surface area contributed by atoms with Gasteiger partial charge in [0.2, 0.25) is 0 Å². The summed E-state index contributed by atoms with van der Waals surface area (Å²) in [7, 11) is 0. The summed E-state index contributed by atoms with van der Waals surface area (Å²) in [6, 6.07) is 2.24. The Kier molecular flexibility index (Phi) is 5.44. The van der Waals surface area contributed by atoms with E-state index in [2.05, 4.69) is 41.9 Å². The highest BCUT2D eigenvalue weighted by atomic mass is 15.3. The van der Waals surface area contributed by atoms with E-state index in [-0.39, 0.29) is 0 Å². The molecule has 3 heteroatoms. The molecule has 1 aliphatic rings. The molecule has 1 N–H and O–H groups in total. The Morgan fingerprint density at radius 3 is 2.84 bits per heavy atom. The highest BCUT2D eigenvalue weighted by Crippen LogP contribution is 2.41. The molecule has 1 fully saturated rings. The monoisotopic (exact) mass is 263 g/mol. The first-order chi connectivity index (χ1) is 9.30. The summed E-state index contributed by atoms with van der Waals surface area (Å²) >= 11 is 0. The molecule has 0 spiro atoms. The van der Waals surface area contributed by atoms with Crippen LogP contribution in [0.25, 0.3) is 0 Å². The van der Waals surface area contributed by atoms with Crippen molar-refractivity contribution < 1.29 is 0 Å². The molecule has 0 aliphatic heterocycles. The maximum absolute atomic E-state index is 4.47. The lowest BCUT2D eigenvalue weighted by Gasteiger charge is -2.36. The van der Waals surface area contributed by atoms with Crippen LogP contribution in [0.5, 0.6) is 0 Å². The molecule has 1 aromatic heterocycles. The van der Waals surface area contributed by atoms with Crippen LogP contribution in [-0.2, 0) is 6.54 Å². The minimum absolute atomic E-state index is 0.695. The number of aryl methyl sites for hydroxylation is 1. The van der Waals surface area contributed by atoms with E-state index in [0.29, 0.717) is 5.92 Å². The van der Waals surface area contributed by atoms with Crippen molar-refractivity contribution in [3.63, 3.8) is 0 Å². The SMILES string of the molecule is CCNCC1CCC(CC)CC1c1ccnn1CC. The molecular weight excluding hydrogens is 234 g/mol. The summed E-state index contributed by atoms with van der Waals surface area (Å²) in [6.45, 7) is 9.95. The van der Waals surface area contributed by atoms with Gasteiger partial charge in [-0.1, -0.05) is 26.7 Å². The largest absolute Gasteiger partial charge is 0.317 e. The first-order valence-electron chi connectivity index (χ1n) is 8.02. The van der Waals surface area contributed by atoms with E-state index >= 15 is 0 Å². The van der Waals surface area contributed by atoms with Gasteiger partial charge in [-0.05, 0) is 50.8 Å². The van der Waals surface area contributed by atoms with Crippen molar-refractivity contribution in [2.45, 2.75) is 58.9 Å². The minimum atomic E-state index is 0.695. The molecule has 0 bridgehead atoms. The van der Waals surface area contributed by atoms with Gasteiger partial charge in [0.05, 0.1) is 0 Å². The zero-order valence-corrected chi connectivity index (χ0v) is 12.7. The van der Waals surface area contributed by atoms with Gasteiger partial charge in [0.15, 0.2) is 0 Å². The van der Waals surface area contributed by atoms with Gasteiger partial charge in [0.1, 0.15) is 0 Å². The Bertz CT molecular complexity index is 372. The van der Waals surface area contributed by atoms with Gasteiger partial charge in [0.25, 0.3) is 0 Å². The van der Waals surface area contributed by atoms with Crippen LogP contribution < -0.4 is 5.32 Å². The van der Waals surface area contributed by atoms with E-state index in [4.69, 9.17) is 0 Å². The summed E-state index contributed by atoms with van der Waals surface area (Å²) < 4.78 is 2.20. The van der Waals surface area contributed by atoms with Gasteiger partial charge in [0, 0.05) is 24.4 Å². The van der Waals surface area contributed by atoms with Gasteiger partial charge in [-0.25, -0.2) is 0 Å². The fourth-order valence-corrected chi connectivity index (χ4v) is 3.55. The number of aromatic nitrogens is 2. The Hall–Kier alpha value is -0.830. The number of rotatable bonds is 6. The Morgan fingerprint density at radius 2 is 2.16 bits per heavy atom. The molecule has 108 valence electrons. The van der Waals surface area contributed by atoms with Crippen molar-refractivity contribution in [1.82, 2.24) is 15.1 Å². The van der Waals surface area contributed by atoms with Crippen LogP contribution in [0.2, 0.25) is 0 Å². The molecule has 3 nitrogen and oxygen atoms in total. The predicted octanol–water partition coefficient (Wildman–Crippen LogP) is 3.42. The summed E-state index contributed by atoms with van der Waals surface area (Å²) in [5, 5.41) is 8.02. The minimum Gasteiger partial charge on any atom is -0.317 e. The molecule has 0 aromatic carbocycles. The fourth-order valence-electron chi connectivity index (χ4n) is 3.55. The van der Waals surface area contributed by atoms with Crippen molar-refractivity contribution in [1.29, 1.82) is 0 Å². The first-order valence-corrected chi connectivity index (χ1v) is 8.02. The predicted molar refractivity (Wildman–Crippen MR) is 80.3 cm³/mol. The van der Waals surface area contributed by atoms with Gasteiger partial charge >= 0.3 is 0 Å². The molecule has 19 heavy (non-hydrogen) atoms. The summed E-state index contributed by atoms with van der Waals surface area (Å²) in [4.78, 5) is 0. The average molecular weight is 263 g/mol. The van der Waals surface area contributed by atoms with Crippen molar-refractivity contribution in [3.05, 3.63) is 18.0 Å². The lowest BCUT2D eigenvalue weighted by Crippen LogP contribution is -2.33. The molecular formula is C16H29N3. The third-order valence-electron chi connectivity index (χ3n) is 4.76. The van der Waals surface area contributed by atoms with E-state index in [0.717, 1.165) is 31.5 Å². The number of nitrogens with zero attached hydrogens (tertiary/aromatic N) is 2. The van der Waals surface area contributed by atoms with Gasteiger partial charge < -0.3 is 5.32 Å². The van der Waals surface area contributed by atoms with E-state index in [9.17, 15) is 0 Å². The standard InChI is InChI=1S/C16H29N3/c1-4-13-7-8-14(12-17-5-2)15(11-13)16-9-10-18-19(16)6-3/h9-10,13-15,17H,4-8,11-12H2,1-3H3. The lowest BCUT2D eigenvalue weighted by atomic mass is 9.71. The third-order valence-corrected chi connectivity index (χ3v) is 4.76. The Balaban J connectivity index is 2.14. The molecule has 2 rings (SSSR count). The maximum atomic E-state index is 4.47. The molecule has 3 atom stereocenters. The van der Waals surface area contributed by atoms with Crippen molar-refractivity contribution in [2.75, 3.05) is 13.1 Å². The normalized spacial score (nSPS) is 27.6. The van der Waals surface area contributed by atoms with Gasteiger partial charge in [-0.15, -0.1) is 0 Å². The molecule has 1 heterocycles. The first kappa shape index (κ1) is 14.6. The quantitative estimate of drug-likeness (QED) is 0.852. The Morgan fingerprint density at radius 1 is 1.32 bits per heavy atom. The summed E-state index contributed by atoms with van der Waals surface area (Å²) in [5.41, 5.74) is 1.46. The molecule has 3 unspecified atom stereocenters. The number of hydrogen-bond acceptors (Lipinski definition) is 2. The summed E-state index contributed by atoms with van der Waals surface area (Å²) in [5.74, 6) is 2.38. The second-order valence-electron chi connectivity index (χ2n) is 5.83. The summed E-state index contributed by atoms with van der Waals surface area (Å²) in [6.07, 6.45) is 7.41. The molecule has 0 radical (unpaired) electrons. The highest BCUT2D eigenvalue weighted by Gasteiger charge is 2.32. The van der Waals surface area contributed by atoms with Crippen LogP contribution in [0, 0.1) is 11.8 Å². The molecule has 0 amide bonds.